The number of rotatable bonds is 4. The summed E-state index contributed by atoms with van der Waals surface area (Å²) in [7, 11) is -1.80. The number of anilines is 2. The monoisotopic (exact) mass is 354 g/mol. The second kappa shape index (κ2) is 5.97. The largest absolute Gasteiger partial charge is 0.490 e. The average Bonchev–Trinajstić information content (AvgIpc) is 2.95. The van der Waals surface area contributed by atoms with E-state index in [9.17, 15) is 8.42 Å². The molecule has 2 heterocycles. The molecule has 0 bridgehead atoms. The van der Waals surface area contributed by atoms with Gasteiger partial charge in [-0.15, -0.1) is 10.2 Å². The number of nitrogens with zero attached hydrogens (tertiary/aromatic N) is 3. The number of aromatic nitrogens is 2. The van der Waals surface area contributed by atoms with E-state index in [1.54, 1.807) is 12.1 Å². The van der Waals surface area contributed by atoms with Crippen LogP contribution >= 0.6 is 11.3 Å². The van der Waals surface area contributed by atoms with E-state index in [0.717, 1.165) is 17.2 Å². The van der Waals surface area contributed by atoms with Crippen LogP contribution in [0.2, 0.25) is 0 Å². The predicted molar refractivity (Wildman–Crippen MR) is 90.0 cm³/mol. The first-order chi connectivity index (χ1) is 10.9. The van der Waals surface area contributed by atoms with Crippen LogP contribution in [0.1, 0.15) is 24.8 Å². The fraction of sp³-hybridized carbons (Fsp3) is 0.429. The van der Waals surface area contributed by atoms with Gasteiger partial charge < -0.3 is 9.64 Å². The predicted octanol–water partition coefficient (Wildman–Crippen LogP) is 2.29. The molecule has 1 aliphatic rings. The molecule has 0 unspecified atom stereocenters. The van der Waals surface area contributed by atoms with E-state index in [1.165, 1.54) is 17.4 Å². The molecular formula is C14H18N4O3S2. The highest BCUT2D eigenvalue weighted by atomic mass is 32.2. The van der Waals surface area contributed by atoms with E-state index in [2.05, 4.69) is 14.9 Å². The molecule has 0 saturated carbocycles. The lowest BCUT2D eigenvalue weighted by atomic mass is 10.2. The lowest BCUT2D eigenvalue weighted by molar-refractivity contribution is 0.311. The molecule has 0 fully saturated rings. The van der Waals surface area contributed by atoms with Crippen LogP contribution in [0.4, 0.5) is 10.8 Å². The van der Waals surface area contributed by atoms with Gasteiger partial charge >= 0.3 is 0 Å². The summed E-state index contributed by atoms with van der Waals surface area (Å²) in [4.78, 5) is 2.15. The van der Waals surface area contributed by atoms with Gasteiger partial charge in [-0.2, -0.15) is 0 Å². The molecule has 23 heavy (non-hydrogen) atoms. The molecule has 0 aliphatic carbocycles. The molecular weight excluding hydrogens is 336 g/mol. The van der Waals surface area contributed by atoms with Gasteiger partial charge in [0.25, 0.3) is 10.0 Å². The minimum absolute atomic E-state index is 0.176. The van der Waals surface area contributed by atoms with Gasteiger partial charge in [0.1, 0.15) is 17.4 Å². The maximum Gasteiger partial charge on any atom is 0.263 e. The first-order valence-corrected chi connectivity index (χ1v) is 9.51. The molecule has 0 radical (unpaired) electrons. The maximum absolute atomic E-state index is 12.5. The van der Waals surface area contributed by atoms with Crippen molar-refractivity contribution < 1.29 is 13.2 Å². The molecule has 1 N–H and O–H groups in total. The number of sulfonamides is 1. The standard InChI is InChI=1S/C14H18N4O3S2/c1-9(2)13-15-16-14(22-13)17-23(19,20)10-4-5-12-11(8-10)18(3)6-7-21-12/h4-5,8-9H,6-7H2,1-3H3,(H,16,17). The van der Waals surface area contributed by atoms with E-state index in [-0.39, 0.29) is 15.9 Å². The number of hydrogen-bond acceptors (Lipinski definition) is 7. The van der Waals surface area contributed by atoms with Crippen LogP contribution in [0.15, 0.2) is 23.1 Å². The Labute approximate surface area is 139 Å². The number of likely N-dealkylation sites (N-methyl/N-ethyl adjacent to an activating group) is 1. The third-order valence-electron chi connectivity index (χ3n) is 3.49. The summed E-state index contributed by atoms with van der Waals surface area (Å²) in [5, 5.41) is 8.95. The second-order valence-corrected chi connectivity index (χ2v) is 8.30. The van der Waals surface area contributed by atoms with Crippen LogP contribution in [0.25, 0.3) is 0 Å². The van der Waals surface area contributed by atoms with Gasteiger partial charge in [-0.25, -0.2) is 8.42 Å². The number of nitrogens with one attached hydrogen (secondary N) is 1. The molecule has 3 rings (SSSR count). The van der Waals surface area contributed by atoms with Gasteiger partial charge in [0.2, 0.25) is 5.13 Å². The quantitative estimate of drug-likeness (QED) is 0.907. The Morgan fingerprint density at radius 1 is 1.35 bits per heavy atom. The van der Waals surface area contributed by atoms with Crippen LogP contribution in [-0.4, -0.2) is 38.8 Å². The molecule has 1 aliphatic heterocycles. The minimum Gasteiger partial charge on any atom is -0.490 e. The fourth-order valence-corrected chi connectivity index (χ4v) is 4.18. The summed E-state index contributed by atoms with van der Waals surface area (Å²) in [6, 6.07) is 4.82. The number of hydrogen-bond donors (Lipinski definition) is 1. The van der Waals surface area contributed by atoms with E-state index in [0.29, 0.717) is 12.4 Å². The van der Waals surface area contributed by atoms with Crippen LogP contribution in [0.5, 0.6) is 5.75 Å². The molecule has 0 amide bonds. The number of benzene rings is 1. The van der Waals surface area contributed by atoms with Crippen molar-refractivity contribution >= 4 is 32.2 Å². The van der Waals surface area contributed by atoms with Gasteiger partial charge in [-0.3, -0.25) is 4.72 Å². The smallest absolute Gasteiger partial charge is 0.263 e. The topological polar surface area (TPSA) is 84.4 Å². The molecule has 124 valence electrons. The van der Waals surface area contributed by atoms with Gasteiger partial charge in [-0.1, -0.05) is 25.2 Å². The molecule has 1 aromatic heterocycles. The summed E-state index contributed by atoms with van der Waals surface area (Å²) in [6.45, 7) is 5.28. The summed E-state index contributed by atoms with van der Waals surface area (Å²) >= 11 is 1.24. The van der Waals surface area contributed by atoms with Crippen LogP contribution in [0.3, 0.4) is 0 Å². The highest BCUT2D eigenvalue weighted by Gasteiger charge is 2.22. The first kappa shape index (κ1) is 16.0. The lowest BCUT2D eigenvalue weighted by Crippen LogP contribution is -2.29. The van der Waals surface area contributed by atoms with Crippen molar-refractivity contribution in [1.29, 1.82) is 0 Å². The van der Waals surface area contributed by atoms with Crippen molar-refractivity contribution in [3.63, 3.8) is 0 Å². The van der Waals surface area contributed by atoms with Crippen LogP contribution < -0.4 is 14.4 Å². The fourth-order valence-electron chi connectivity index (χ4n) is 2.18. The van der Waals surface area contributed by atoms with Gasteiger partial charge in [0, 0.05) is 13.0 Å². The van der Waals surface area contributed by atoms with Crippen molar-refractivity contribution in [3.8, 4) is 5.75 Å². The van der Waals surface area contributed by atoms with Gasteiger partial charge in [-0.05, 0) is 18.2 Å². The molecule has 0 saturated heterocycles. The Morgan fingerprint density at radius 3 is 2.83 bits per heavy atom. The Morgan fingerprint density at radius 2 is 2.13 bits per heavy atom. The maximum atomic E-state index is 12.5. The molecule has 0 atom stereocenters. The van der Waals surface area contributed by atoms with Crippen molar-refractivity contribution in [3.05, 3.63) is 23.2 Å². The van der Waals surface area contributed by atoms with Crippen molar-refractivity contribution in [2.24, 2.45) is 0 Å². The Balaban J connectivity index is 1.88. The molecule has 2 aromatic rings. The SMILES string of the molecule is CC(C)c1nnc(NS(=O)(=O)c2ccc3c(c2)N(C)CCO3)s1. The zero-order chi connectivity index (χ0) is 16.6. The van der Waals surface area contributed by atoms with Crippen molar-refractivity contribution in [2.45, 2.75) is 24.7 Å². The Bertz CT molecular complexity index is 817. The third kappa shape index (κ3) is 3.25. The molecule has 9 heteroatoms. The lowest BCUT2D eigenvalue weighted by Gasteiger charge is -2.27. The molecule has 1 aromatic carbocycles. The summed E-state index contributed by atoms with van der Waals surface area (Å²) in [5.74, 6) is 0.899. The highest BCUT2D eigenvalue weighted by Crippen LogP contribution is 2.33. The summed E-state index contributed by atoms with van der Waals surface area (Å²) in [6.07, 6.45) is 0. The van der Waals surface area contributed by atoms with Gasteiger partial charge in [0.05, 0.1) is 17.1 Å². The van der Waals surface area contributed by atoms with Crippen molar-refractivity contribution in [1.82, 2.24) is 10.2 Å². The van der Waals surface area contributed by atoms with Crippen LogP contribution in [0, 0.1) is 0 Å². The van der Waals surface area contributed by atoms with Gasteiger partial charge in [0.15, 0.2) is 0 Å². The Kier molecular flexibility index (Phi) is 4.15. The van der Waals surface area contributed by atoms with Crippen LogP contribution in [-0.2, 0) is 10.0 Å². The zero-order valence-electron chi connectivity index (χ0n) is 13.1. The molecule has 7 nitrogen and oxygen atoms in total. The highest BCUT2D eigenvalue weighted by molar-refractivity contribution is 7.93. The number of ether oxygens (including phenoxy) is 1. The average molecular weight is 354 g/mol. The second-order valence-electron chi connectivity index (χ2n) is 5.61. The van der Waals surface area contributed by atoms with E-state index in [1.807, 2.05) is 25.8 Å². The first-order valence-electron chi connectivity index (χ1n) is 7.21. The summed E-state index contributed by atoms with van der Waals surface area (Å²) < 4.78 is 33.1. The van der Waals surface area contributed by atoms with E-state index >= 15 is 0 Å². The normalized spacial score (nSPS) is 14.5. The number of fused-ring (bicyclic) bond motifs is 1. The third-order valence-corrected chi connectivity index (χ3v) is 6.10. The Hall–Kier alpha value is -1.87. The zero-order valence-corrected chi connectivity index (χ0v) is 14.7. The molecule has 0 spiro atoms. The van der Waals surface area contributed by atoms with Crippen molar-refractivity contribution in [2.75, 3.05) is 29.8 Å². The van der Waals surface area contributed by atoms with E-state index in [4.69, 9.17) is 4.74 Å². The minimum atomic E-state index is -3.71. The van der Waals surface area contributed by atoms with E-state index < -0.39 is 10.0 Å². The summed E-state index contributed by atoms with van der Waals surface area (Å²) in [5.41, 5.74) is 0.763.